The monoisotopic (exact) mass is 1690 g/mol. The van der Waals surface area contributed by atoms with Gasteiger partial charge in [-0.2, -0.15) is 0 Å². The molecule has 8 unspecified atom stereocenters. The van der Waals surface area contributed by atoms with Crippen molar-refractivity contribution in [3.63, 3.8) is 0 Å². The standard InChI is InChI=1S/C21H23N.C20H24N2.C19H21NO.C19H21NS.C19H23NS.C17H23N/c1-15-7-3-6-10-19(15)22-16(2)20-11-13-21(22,14-12-20)18-9-5-4-8-17(18)20;1-14-6-4-5-7-17(14)22-15(2)19-9-11-20(22,12-10-19)16-8-13-21(3)18(16)19;2*1-13-5-3-4-6-16(13)20-14(2)18-8-10-19(20,11-9-18)15-7-12-21-17(15)18;1-13-7-5-6-8-16(13)20-14(2)18(3)10-11-19(20,4)17-15(18)9-12-21-17;1-13-5-3-4-6-15(13)18-14(2)16-7-10-17(18,11-8-16)12-9-16/h3-10,16H,11-14H2,1-2H3;4-8,13,15H,9-12H2,1-3H3;2*3-7,12,14H,8-11H2,1-2H3;5-9,12,14H,10-11H2,1-4H3;3-6,14H,7-12H2,1-2H3. The summed E-state index contributed by atoms with van der Waals surface area (Å²) < 4.78 is 8.38. The highest BCUT2D eigenvalue weighted by atomic mass is 32.1. The number of hydrogen-bond acceptors (Lipinski definition) is 9. The molecule has 10 heteroatoms. The molecule has 44 rings (SSSR count). The lowest BCUT2D eigenvalue weighted by Crippen LogP contribution is -2.72. The van der Waals surface area contributed by atoms with Crippen LogP contribution in [0.15, 0.2) is 222 Å². The third-order valence-corrected chi connectivity index (χ3v) is 42.1. The highest BCUT2D eigenvalue weighted by molar-refractivity contribution is 7.10. The Kier molecular flexibility index (Phi) is 18.2. The van der Waals surface area contributed by atoms with Gasteiger partial charge in [-0.25, -0.2) is 0 Å². The molecular weight excluding hydrogens is 1560 g/mol. The molecule has 125 heavy (non-hydrogen) atoms. The van der Waals surface area contributed by atoms with Crippen LogP contribution in [0.2, 0.25) is 0 Å². The van der Waals surface area contributed by atoms with Crippen LogP contribution in [0.25, 0.3) is 0 Å². The first kappa shape index (κ1) is 80.8. The molecule has 648 valence electrons. The van der Waals surface area contributed by atoms with E-state index in [-0.39, 0.29) is 38.5 Å². The number of thiophene rings is 2. The minimum atomic E-state index is 0.160. The summed E-state index contributed by atoms with van der Waals surface area (Å²) in [7, 11) is 2.24. The highest BCUT2D eigenvalue weighted by Crippen LogP contribution is 2.73. The van der Waals surface area contributed by atoms with Gasteiger partial charge in [0.15, 0.2) is 0 Å². The van der Waals surface area contributed by atoms with E-state index >= 15 is 0 Å². The van der Waals surface area contributed by atoms with E-state index in [9.17, 15) is 0 Å². The van der Waals surface area contributed by atoms with Crippen LogP contribution in [0.5, 0.6) is 0 Å². The quantitative estimate of drug-likeness (QED) is 0.164. The summed E-state index contributed by atoms with van der Waals surface area (Å²) in [4.78, 5) is 20.0. The second-order valence-electron chi connectivity index (χ2n) is 43.7. The molecular formula is C115H135N7OS2. The SMILES string of the molecule is Cc1ccccc1N1C(C)C2(C)CCC1(C)c1sccc12.Cc1ccccc1N1C(C)C23CCC1(CC2)CC3.Cc1ccccc1N1C(C)C23CCC1(CC2)c1ccccc13.Cc1ccccc1N1C(C)C23CCC1(CC2)c1ccn(C)c13.Cc1ccccc1N1C(C)C23CCC1(CC2)c1ccoc13.Cc1ccccc1N1C(C)C23CCC1(CC2)c1ccsc13. The molecule has 0 amide bonds. The van der Waals surface area contributed by atoms with Crippen molar-refractivity contribution >= 4 is 56.8 Å². The predicted octanol–water partition coefficient (Wildman–Crippen LogP) is 28.2. The number of benzene rings is 7. The van der Waals surface area contributed by atoms with Crippen molar-refractivity contribution in [1.29, 1.82) is 0 Å². The fourth-order valence-electron chi connectivity index (χ4n) is 32.7. The van der Waals surface area contributed by atoms with Crippen molar-refractivity contribution in [1.82, 2.24) is 4.57 Å². The van der Waals surface area contributed by atoms with Gasteiger partial charge in [-0.1, -0.05) is 140 Å². The number of aromatic nitrogens is 1. The van der Waals surface area contributed by atoms with Crippen molar-refractivity contribution in [2.75, 3.05) is 29.4 Å². The number of anilines is 6. The second-order valence-corrected chi connectivity index (χ2v) is 45.6. The maximum absolute atomic E-state index is 5.97. The molecule has 16 aliphatic carbocycles. The van der Waals surface area contributed by atoms with E-state index in [1.807, 2.05) is 28.9 Å². The molecule has 21 heterocycles. The number of piperidine rings is 12. The Morgan fingerprint density at radius 1 is 0.288 bits per heavy atom. The molecule has 17 aliphatic heterocycles. The fourth-order valence-corrected chi connectivity index (χ4v) is 35.3. The molecule has 7 aromatic carbocycles. The molecule has 11 aromatic rings. The first-order chi connectivity index (χ1) is 60.3. The lowest BCUT2D eigenvalue weighted by Gasteiger charge is -2.70. The molecule has 12 bridgehead atoms. The lowest BCUT2D eigenvalue weighted by molar-refractivity contribution is -0.0447. The van der Waals surface area contributed by atoms with Gasteiger partial charge in [-0.05, 0) is 382 Å². The van der Waals surface area contributed by atoms with Gasteiger partial charge in [0.25, 0.3) is 0 Å². The number of nitrogens with zero attached hydrogens (tertiary/aromatic N) is 7. The van der Waals surface area contributed by atoms with E-state index in [1.54, 1.807) is 43.3 Å². The van der Waals surface area contributed by atoms with Crippen molar-refractivity contribution < 1.29 is 4.42 Å². The van der Waals surface area contributed by atoms with Crippen molar-refractivity contribution in [2.45, 2.75) is 348 Å². The summed E-state index contributed by atoms with van der Waals surface area (Å²) in [6.07, 6.45) is 36.9. The van der Waals surface area contributed by atoms with Crippen LogP contribution in [-0.2, 0) is 61.8 Å². The van der Waals surface area contributed by atoms with Gasteiger partial charge in [0.2, 0.25) is 0 Å². The first-order valence-electron chi connectivity index (χ1n) is 48.9. The Hall–Kier alpha value is -8.70. The van der Waals surface area contributed by atoms with Crippen molar-refractivity contribution in [2.24, 2.45) is 12.5 Å². The molecule has 0 spiro atoms. The van der Waals surface area contributed by atoms with E-state index in [1.165, 1.54) is 233 Å². The summed E-state index contributed by atoms with van der Waals surface area (Å²) in [5, 5.41) is 4.62. The zero-order valence-corrected chi connectivity index (χ0v) is 79.2. The minimum absolute atomic E-state index is 0.160. The fraction of sp³-hybridized carbons (Fsp3) is 0.496. The summed E-state index contributed by atoms with van der Waals surface area (Å²) in [5.74, 6) is 1.30. The van der Waals surface area contributed by atoms with Crippen molar-refractivity contribution in [3.8, 4) is 0 Å². The van der Waals surface area contributed by atoms with E-state index in [0.717, 1.165) is 6.04 Å². The molecule has 0 N–H and O–H groups in total. The number of rotatable bonds is 6. The van der Waals surface area contributed by atoms with Gasteiger partial charge in [0, 0.05) is 137 Å². The van der Waals surface area contributed by atoms with Crippen LogP contribution in [-0.4, -0.2) is 46.4 Å². The zero-order chi connectivity index (χ0) is 85.8. The maximum atomic E-state index is 5.97. The summed E-state index contributed by atoms with van der Waals surface area (Å²) >= 11 is 3.97. The number of aryl methyl sites for hydroxylation is 7. The lowest BCUT2D eigenvalue weighted by atomic mass is 9.47. The number of hydrogen-bond donors (Lipinski definition) is 0. The topological polar surface area (TPSA) is 37.5 Å². The minimum Gasteiger partial charge on any atom is -0.468 e. The van der Waals surface area contributed by atoms with Gasteiger partial charge < -0.3 is 38.4 Å². The van der Waals surface area contributed by atoms with Crippen LogP contribution < -0.4 is 29.4 Å². The molecule has 7 saturated carbocycles. The molecule has 12 saturated heterocycles. The van der Waals surface area contributed by atoms with E-state index in [2.05, 4.69) is 349 Å². The molecule has 33 aliphatic rings. The average Bonchev–Trinajstić information content (AvgIpc) is 0.723. The van der Waals surface area contributed by atoms with Crippen LogP contribution in [0, 0.1) is 47.0 Å². The van der Waals surface area contributed by atoms with Crippen molar-refractivity contribution in [3.05, 3.63) is 305 Å². The Bertz CT molecular complexity index is 5780. The van der Waals surface area contributed by atoms with Gasteiger partial charge in [-0.3, -0.25) is 0 Å². The predicted molar refractivity (Wildman–Crippen MR) is 522 cm³/mol. The summed E-state index contributed by atoms with van der Waals surface area (Å²) in [6, 6.07) is 75.9. The smallest absolute Gasteiger partial charge is 0.117 e. The largest absolute Gasteiger partial charge is 0.468 e. The highest BCUT2D eigenvalue weighted by Gasteiger charge is 2.71. The van der Waals surface area contributed by atoms with Gasteiger partial charge in [-0.15, -0.1) is 22.7 Å². The van der Waals surface area contributed by atoms with Crippen LogP contribution in [0.1, 0.15) is 297 Å². The average molecular weight is 1700 g/mol. The second kappa shape index (κ2) is 28.2. The molecule has 8 nitrogen and oxygen atoms in total. The van der Waals surface area contributed by atoms with Crippen LogP contribution >= 0.6 is 22.7 Å². The normalized spacial score (nSPS) is 36.1. The van der Waals surface area contributed by atoms with Gasteiger partial charge >= 0.3 is 0 Å². The molecule has 4 aromatic heterocycles. The van der Waals surface area contributed by atoms with Gasteiger partial charge in [0.05, 0.1) is 34.0 Å². The number of para-hydroxylation sites is 6. The Balaban J connectivity index is 0.0000000865. The third kappa shape index (κ3) is 10.5. The van der Waals surface area contributed by atoms with Crippen LogP contribution in [0.4, 0.5) is 34.1 Å². The van der Waals surface area contributed by atoms with E-state index in [0.29, 0.717) is 57.4 Å². The summed E-state index contributed by atoms with van der Waals surface area (Å²) in [6.45, 7) is 33.2. The number of fused-ring (bicyclic) bond motifs is 2. The molecule has 19 fully saturated rings. The first-order valence-corrected chi connectivity index (χ1v) is 50.7. The maximum Gasteiger partial charge on any atom is 0.117 e. The number of furan rings is 1. The third-order valence-electron chi connectivity index (χ3n) is 39.8. The van der Waals surface area contributed by atoms with E-state index < -0.39 is 0 Å². The Morgan fingerprint density at radius 2 is 0.656 bits per heavy atom. The zero-order valence-electron chi connectivity index (χ0n) is 77.6. The molecule has 8 atom stereocenters. The Labute approximate surface area is 755 Å². The summed E-state index contributed by atoms with van der Waals surface area (Å²) in [5.41, 5.74) is 32.4. The van der Waals surface area contributed by atoms with Gasteiger partial charge in [0.1, 0.15) is 5.76 Å². The van der Waals surface area contributed by atoms with E-state index in [4.69, 9.17) is 4.42 Å². The van der Waals surface area contributed by atoms with Crippen LogP contribution in [0.3, 0.4) is 0 Å². The Morgan fingerprint density at radius 3 is 1.14 bits per heavy atom. The molecule has 0 radical (unpaired) electrons.